The van der Waals surface area contributed by atoms with Crippen molar-refractivity contribution >= 4 is 6.09 Å². The Morgan fingerprint density at radius 2 is 2.09 bits per heavy atom. The normalized spacial score (nSPS) is 13.7. The minimum absolute atomic E-state index is 0.142. The molecule has 0 aromatic rings. The molecular weight excluding hydrogens is 142 g/mol. The summed E-state index contributed by atoms with van der Waals surface area (Å²) >= 11 is 0. The van der Waals surface area contributed by atoms with Gasteiger partial charge in [0, 0.05) is 5.41 Å². The fourth-order valence-corrected chi connectivity index (χ4v) is 0.704. The van der Waals surface area contributed by atoms with E-state index in [1.807, 2.05) is 20.8 Å². The molecule has 0 saturated heterocycles. The molecule has 0 aliphatic carbocycles. The Morgan fingerprint density at radius 3 is 2.18 bits per heavy atom. The van der Waals surface area contributed by atoms with Crippen molar-refractivity contribution in [2.24, 2.45) is 11.1 Å². The van der Waals surface area contributed by atoms with Gasteiger partial charge in [0.05, 0.1) is 0 Å². The number of hydrogen-bond acceptors (Lipinski definition) is 2. The van der Waals surface area contributed by atoms with Gasteiger partial charge in [0.2, 0.25) is 0 Å². The van der Waals surface area contributed by atoms with Crippen LogP contribution >= 0.6 is 0 Å². The number of carbonyl (C=O) groups excluding carboxylic acids is 1. The number of rotatable bonds is 2. The lowest BCUT2D eigenvalue weighted by atomic mass is 9.89. The maximum Gasteiger partial charge on any atom is 0.405 e. The molecule has 0 saturated carbocycles. The molecule has 0 heterocycles. The highest BCUT2D eigenvalue weighted by molar-refractivity contribution is 5.65. The molecule has 0 bridgehead atoms. The van der Waals surface area contributed by atoms with Crippen LogP contribution in [0.4, 0.5) is 4.79 Å². The van der Waals surface area contributed by atoms with Crippen LogP contribution in [0, 0.1) is 5.41 Å². The van der Waals surface area contributed by atoms with E-state index >= 15 is 0 Å². The Morgan fingerprint density at radius 1 is 1.64 bits per heavy atom. The van der Waals surface area contributed by atoms with Crippen molar-refractivity contribution in [1.82, 2.24) is 0 Å². The van der Waals surface area contributed by atoms with Crippen LogP contribution in [0.15, 0.2) is 12.7 Å². The molecule has 1 unspecified atom stereocenters. The topological polar surface area (TPSA) is 52.3 Å². The first-order valence-electron chi connectivity index (χ1n) is 3.46. The second-order valence-electron chi connectivity index (χ2n) is 3.46. The summed E-state index contributed by atoms with van der Waals surface area (Å²) in [4.78, 5) is 10.4. The van der Waals surface area contributed by atoms with Gasteiger partial charge in [0.1, 0.15) is 6.10 Å². The molecule has 0 spiro atoms. The van der Waals surface area contributed by atoms with Gasteiger partial charge in [-0.1, -0.05) is 33.4 Å². The lowest BCUT2D eigenvalue weighted by molar-refractivity contribution is 0.0684. The van der Waals surface area contributed by atoms with Crippen LogP contribution < -0.4 is 5.73 Å². The van der Waals surface area contributed by atoms with Crippen molar-refractivity contribution < 1.29 is 9.53 Å². The quantitative estimate of drug-likeness (QED) is 0.620. The SMILES string of the molecule is C=CC(OC(N)=O)C(C)(C)C. The molecule has 3 nitrogen and oxygen atoms in total. The van der Waals surface area contributed by atoms with Crippen molar-refractivity contribution in [2.75, 3.05) is 0 Å². The number of ether oxygens (including phenoxy) is 1. The molecule has 1 amide bonds. The van der Waals surface area contributed by atoms with Gasteiger partial charge in [-0.2, -0.15) is 0 Å². The van der Waals surface area contributed by atoms with E-state index < -0.39 is 6.09 Å². The van der Waals surface area contributed by atoms with Crippen LogP contribution in [0.3, 0.4) is 0 Å². The smallest absolute Gasteiger partial charge is 0.405 e. The monoisotopic (exact) mass is 157 g/mol. The predicted octanol–water partition coefficient (Wildman–Crippen LogP) is 1.68. The average molecular weight is 157 g/mol. The molecule has 0 fully saturated rings. The highest BCUT2D eigenvalue weighted by atomic mass is 16.6. The molecule has 0 aliphatic rings. The fraction of sp³-hybridized carbons (Fsp3) is 0.625. The average Bonchev–Trinajstić information content (AvgIpc) is 1.79. The van der Waals surface area contributed by atoms with E-state index in [1.165, 1.54) is 0 Å². The third-order valence-electron chi connectivity index (χ3n) is 1.31. The van der Waals surface area contributed by atoms with E-state index in [9.17, 15) is 4.79 Å². The van der Waals surface area contributed by atoms with Gasteiger partial charge in [0.25, 0.3) is 0 Å². The van der Waals surface area contributed by atoms with Crippen LogP contribution in [0.2, 0.25) is 0 Å². The van der Waals surface area contributed by atoms with Gasteiger partial charge in [-0.15, -0.1) is 0 Å². The third-order valence-corrected chi connectivity index (χ3v) is 1.31. The number of amides is 1. The van der Waals surface area contributed by atoms with Gasteiger partial charge in [-0.25, -0.2) is 4.79 Å². The molecule has 0 aromatic carbocycles. The first-order valence-corrected chi connectivity index (χ1v) is 3.46. The largest absolute Gasteiger partial charge is 0.442 e. The molecule has 0 radical (unpaired) electrons. The lowest BCUT2D eigenvalue weighted by Crippen LogP contribution is -2.31. The van der Waals surface area contributed by atoms with Gasteiger partial charge < -0.3 is 10.5 Å². The summed E-state index contributed by atoms with van der Waals surface area (Å²) < 4.78 is 4.78. The summed E-state index contributed by atoms with van der Waals surface area (Å²) in [5.41, 5.74) is 4.71. The molecule has 0 aliphatic heterocycles. The zero-order valence-corrected chi connectivity index (χ0v) is 7.26. The molecule has 1 atom stereocenters. The highest BCUT2D eigenvalue weighted by Crippen LogP contribution is 2.22. The van der Waals surface area contributed by atoms with Gasteiger partial charge in [-0.3, -0.25) is 0 Å². The summed E-state index contributed by atoms with van der Waals surface area (Å²) in [6.07, 6.45) is 0.495. The minimum atomic E-state index is -0.759. The predicted molar refractivity (Wildman–Crippen MR) is 44.1 cm³/mol. The molecule has 0 rings (SSSR count). The summed E-state index contributed by atoms with van der Waals surface area (Å²) in [5, 5.41) is 0. The van der Waals surface area contributed by atoms with Gasteiger partial charge in [0.15, 0.2) is 0 Å². The zero-order valence-electron chi connectivity index (χ0n) is 7.26. The maximum atomic E-state index is 10.4. The first kappa shape index (κ1) is 10.0. The number of nitrogens with two attached hydrogens (primary N) is 1. The fourth-order valence-electron chi connectivity index (χ4n) is 0.704. The first-order chi connectivity index (χ1) is 4.88. The lowest BCUT2D eigenvalue weighted by Gasteiger charge is -2.26. The summed E-state index contributed by atoms with van der Waals surface area (Å²) in [7, 11) is 0. The Labute approximate surface area is 67.2 Å². The number of primary amides is 1. The molecular formula is C8H15NO2. The Balaban J connectivity index is 4.18. The summed E-state index contributed by atoms with van der Waals surface area (Å²) in [6, 6.07) is 0. The molecule has 0 aromatic heterocycles. The van der Waals surface area contributed by atoms with Crippen molar-refractivity contribution in [3.8, 4) is 0 Å². The number of hydrogen-bond donors (Lipinski definition) is 1. The highest BCUT2D eigenvalue weighted by Gasteiger charge is 2.24. The molecule has 64 valence electrons. The van der Waals surface area contributed by atoms with Crippen LogP contribution in [0.25, 0.3) is 0 Å². The Hall–Kier alpha value is -0.990. The van der Waals surface area contributed by atoms with Crippen molar-refractivity contribution in [3.63, 3.8) is 0 Å². The second kappa shape index (κ2) is 3.42. The van der Waals surface area contributed by atoms with E-state index in [-0.39, 0.29) is 11.5 Å². The van der Waals surface area contributed by atoms with Crippen LogP contribution in [0.1, 0.15) is 20.8 Å². The van der Waals surface area contributed by atoms with E-state index in [2.05, 4.69) is 6.58 Å². The van der Waals surface area contributed by atoms with Gasteiger partial charge in [-0.05, 0) is 0 Å². The van der Waals surface area contributed by atoms with Crippen LogP contribution in [-0.2, 0) is 4.74 Å². The van der Waals surface area contributed by atoms with E-state index in [4.69, 9.17) is 10.5 Å². The third kappa shape index (κ3) is 3.65. The number of carbonyl (C=O) groups is 1. The van der Waals surface area contributed by atoms with Crippen molar-refractivity contribution in [3.05, 3.63) is 12.7 Å². The van der Waals surface area contributed by atoms with E-state index in [0.29, 0.717) is 0 Å². The maximum absolute atomic E-state index is 10.4. The molecule has 11 heavy (non-hydrogen) atoms. The van der Waals surface area contributed by atoms with Crippen molar-refractivity contribution in [2.45, 2.75) is 26.9 Å². The Bertz CT molecular complexity index is 158. The molecule has 3 heteroatoms. The second-order valence-corrected chi connectivity index (χ2v) is 3.46. The molecule has 2 N–H and O–H groups in total. The van der Waals surface area contributed by atoms with E-state index in [1.54, 1.807) is 6.08 Å². The standard InChI is InChI=1S/C8H15NO2/c1-5-6(8(2,3)4)11-7(9)10/h5-6H,1H2,2-4H3,(H2,9,10). The van der Waals surface area contributed by atoms with E-state index in [0.717, 1.165) is 0 Å². The van der Waals surface area contributed by atoms with Crippen molar-refractivity contribution in [1.29, 1.82) is 0 Å². The summed E-state index contributed by atoms with van der Waals surface area (Å²) in [5.74, 6) is 0. The van der Waals surface area contributed by atoms with Gasteiger partial charge >= 0.3 is 6.09 Å². The van der Waals surface area contributed by atoms with Crippen LogP contribution in [0.5, 0.6) is 0 Å². The summed E-state index contributed by atoms with van der Waals surface area (Å²) in [6.45, 7) is 9.39. The zero-order chi connectivity index (χ0) is 9.07. The minimum Gasteiger partial charge on any atom is -0.442 e. The Kier molecular flexibility index (Phi) is 3.11. The van der Waals surface area contributed by atoms with Crippen LogP contribution in [-0.4, -0.2) is 12.2 Å².